The molecule has 0 saturated carbocycles. The topological polar surface area (TPSA) is 71.3 Å². The van der Waals surface area contributed by atoms with Crippen LogP contribution >= 0.6 is 0 Å². The number of hydrogen-bond acceptors (Lipinski definition) is 3. The third kappa shape index (κ3) is 4.37. The first-order chi connectivity index (χ1) is 9.05. The van der Waals surface area contributed by atoms with Crippen LogP contribution in [0.3, 0.4) is 0 Å². The molecule has 1 amide bonds. The van der Waals surface area contributed by atoms with Crippen molar-refractivity contribution in [2.24, 2.45) is 0 Å². The smallest absolute Gasteiger partial charge is 0.394 e. The van der Waals surface area contributed by atoms with Crippen LogP contribution in [0.2, 0.25) is 0 Å². The Kier molecular flexibility index (Phi) is 4.59. The maximum absolute atomic E-state index is 12.5. The number of amides is 1. The summed E-state index contributed by atoms with van der Waals surface area (Å²) >= 11 is 0. The molecule has 1 aromatic rings. The summed E-state index contributed by atoms with van der Waals surface area (Å²) < 4.78 is 38.2. The maximum Gasteiger partial charge on any atom is 0.417 e. The van der Waals surface area contributed by atoms with Crippen molar-refractivity contribution in [3.63, 3.8) is 0 Å². The second-order valence-electron chi connectivity index (χ2n) is 4.97. The van der Waals surface area contributed by atoms with Gasteiger partial charge in [0.2, 0.25) is 5.91 Å². The average Bonchev–Trinajstić information content (AvgIpc) is 2.30. The van der Waals surface area contributed by atoms with E-state index in [0.29, 0.717) is 16.8 Å². The maximum atomic E-state index is 12.5. The van der Waals surface area contributed by atoms with Crippen LogP contribution in [0.1, 0.15) is 19.4 Å². The predicted octanol–water partition coefficient (Wildman–Crippen LogP) is 0.754. The van der Waals surface area contributed by atoms with Gasteiger partial charge >= 0.3 is 6.18 Å². The van der Waals surface area contributed by atoms with Crippen molar-refractivity contribution in [1.82, 2.24) is 9.88 Å². The highest BCUT2D eigenvalue weighted by Gasteiger charge is 2.31. The molecule has 0 saturated heterocycles. The number of alkyl halides is 3. The normalized spacial score (nSPS) is 12.3. The van der Waals surface area contributed by atoms with Crippen molar-refractivity contribution >= 4 is 5.91 Å². The van der Waals surface area contributed by atoms with Crippen LogP contribution in [0, 0.1) is 0 Å². The molecule has 5 nitrogen and oxygen atoms in total. The fraction of sp³-hybridized carbons (Fsp3) is 0.500. The molecule has 20 heavy (non-hydrogen) atoms. The number of pyridine rings is 1. The average molecular weight is 292 g/mol. The Hall–Kier alpha value is -1.83. The molecule has 0 bridgehead atoms. The van der Waals surface area contributed by atoms with Crippen LogP contribution in [0.15, 0.2) is 23.1 Å². The molecular formula is C12H15F3N2O3. The van der Waals surface area contributed by atoms with Crippen LogP contribution in [0.4, 0.5) is 13.2 Å². The SMILES string of the molecule is CC(C)(CO)NC(=O)Cn1cc(C(F)(F)F)ccc1=O. The summed E-state index contributed by atoms with van der Waals surface area (Å²) in [4.78, 5) is 23.1. The molecule has 0 fully saturated rings. The zero-order valence-corrected chi connectivity index (χ0v) is 11.0. The third-order valence-corrected chi connectivity index (χ3v) is 2.50. The Bertz CT molecular complexity index is 550. The molecular weight excluding hydrogens is 277 g/mol. The van der Waals surface area contributed by atoms with Crippen LogP contribution < -0.4 is 10.9 Å². The third-order valence-electron chi connectivity index (χ3n) is 2.50. The summed E-state index contributed by atoms with van der Waals surface area (Å²) in [5, 5.41) is 11.4. The number of nitrogens with one attached hydrogen (secondary N) is 1. The van der Waals surface area contributed by atoms with Gasteiger partial charge in [0.05, 0.1) is 17.7 Å². The number of carbonyl (C=O) groups is 1. The molecule has 0 atom stereocenters. The molecule has 112 valence electrons. The quantitative estimate of drug-likeness (QED) is 0.860. The lowest BCUT2D eigenvalue weighted by Gasteiger charge is -2.23. The minimum absolute atomic E-state index is 0.337. The van der Waals surface area contributed by atoms with Crippen molar-refractivity contribution in [2.75, 3.05) is 6.61 Å². The highest BCUT2D eigenvalue weighted by molar-refractivity contribution is 5.76. The van der Waals surface area contributed by atoms with Gasteiger partial charge in [-0.2, -0.15) is 13.2 Å². The highest BCUT2D eigenvalue weighted by atomic mass is 19.4. The van der Waals surface area contributed by atoms with Crippen molar-refractivity contribution in [3.05, 3.63) is 34.2 Å². The van der Waals surface area contributed by atoms with Gasteiger partial charge in [0.25, 0.3) is 5.56 Å². The van der Waals surface area contributed by atoms with Crippen molar-refractivity contribution in [3.8, 4) is 0 Å². The fourth-order valence-corrected chi connectivity index (χ4v) is 1.43. The number of aliphatic hydroxyl groups excluding tert-OH is 1. The van der Waals surface area contributed by atoms with E-state index in [1.54, 1.807) is 13.8 Å². The van der Waals surface area contributed by atoms with Crippen LogP contribution in [0.5, 0.6) is 0 Å². The van der Waals surface area contributed by atoms with E-state index in [9.17, 15) is 22.8 Å². The molecule has 0 unspecified atom stereocenters. The summed E-state index contributed by atoms with van der Waals surface area (Å²) in [6.07, 6.45) is -4.00. The molecule has 0 spiro atoms. The van der Waals surface area contributed by atoms with Gasteiger partial charge in [0.1, 0.15) is 6.54 Å². The molecule has 2 N–H and O–H groups in total. The number of nitrogens with zero attached hydrogens (tertiary/aromatic N) is 1. The van der Waals surface area contributed by atoms with Crippen molar-refractivity contribution < 1.29 is 23.1 Å². The van der Waals surface area contributed by atoms with E-state index in [4.69, 9.17) is 5.11 Å². The minimum atomic E-state index is -4.59. The van der Waals surface area contributed by atoms with Crippen molar-refractivity contribution in [1.29, 1.82) is 0 Å². The lowest BCUT2D eigenvalue weighted by molar-refractivity contribution is -0.138. The minimum Gasteiger partial charge on any atom is -0.394 e. The zero-order valence-electron chi connectivity index (χ0n) is 11.0. The molecule has 0 radical (unpaired) electrons. The number of aliphatic hydroxyl groups is 1. The first kappa shape index (κ1) is 16.2. The van der Waals surface area contributed by atoms with Gasteiger partial charge in [-0.3, -0.25) is 9.59 Å². The summed E-state index contributed by atoms with van der Waals surface area (Å²) in [6.45, 7) is 2.20. The number of hydrogen-bond donors (Lipinski definition) is 2. The Balaban J connectivity index is 2.93. The van der Waals surface area contributed by atoms with E-state index >= 15 is 0 Å². The van der Waals surface area contributed by atoms with E-state index in [2.05, 4.69) is 5.32 Å². The molecule has 1 aromatic heterocycles. The Morgan fingerprint density at radius 2 is 1.95 bits per heavy atom. The van der Waals surface area contributed by atoms with E-state index in [-0.39, 0.29) is 6.61 Å². The number of halogens is 3. The van der Waals surface area contributed by atoms with E-state index in [1.807, 2.05) is 0 Å². The van der Waals surface area contributed by atoms with Crippen LogP contribution in [-0.4, -0.2) is 27.7 Å². The summed E-state index contributed by atoms with van der Waals surface area (Å²) in [6, 6.07) is 1.42. The van der Waals surface area contributed by atoms with E-state index < -0.39 is 35.3 Å². The number of rotatable bonds is 4. The van der Waals surface area contributed by atoms with Gasteiger partial charge in [-0.1, -0.05) is 0 Å². The Morgan fingerprint density at radius 1 is 1.35 bits per heavy atom. The molecule has 0 aliphatic carbocycles. The largest absolute Gasteiger partial charge is 0.417 e. The van der Waals surface area contributed by atoms with Gasteiger partial charge in [-0.25, -0.2) is 0 Å². The first-order valence-corrected chi connectivity index (χ1v) is 5.75. The second kappa shape index (κ2) is 5.66. The highest BCUT2D eigenvalue weighted by Crippen LogP contribution is 2.27. The lowest BCUT2D eigenvalue weighted by atomic mass is 10.1. The molecule has 0 aromatic carbocycles. The van der Waals surface area contributed by atoms with Crippen LogP contribution in [-0.2, 0) is 17.5 Å². The van der Waals surface area contributed by atoms with Crippen LogP contribution in [0.25, 0.3) is 0 Å². The van der Waals surface area contributed by atoms with Gasteiger partial charge in [-0.05, 0) is 19.9 Å². The summed E-state index contributed by atoms with van der Waals surface area (Å²) in [5.74, 6) is -0.662. The van der Waals surface area contributed by atoms with Gasteiger partial charge < -0.3 is 15.0 Å². The first-order valence-electron chi connectivity index (χ1n) is 5.75. The summed E-state index contributed by atoms with van der Waals surface area (Å²) in [5.41, 5.74) is -2.64. The molecule has 8 heteroatoms. The standard InChI is InChI=1S/C12H15F3N2O3/c1-11(2,7-18)16-9(19)6-17-5-8(12(13,14)15)3-4-10(17)20/h3-5,18H,6-7H2,1-2H3,(H,16,19). The second-order valence-corrected chi connectivity index (χ2v) is 4.97. The number of carbonyl (C=O) groups excluding carboxylic acids is 1. The molecule has 1 rings (SSSR count). The Labute approximate surface area is 113 Å². The van der Waals surface area contributed by atoms with Gasteiger partial charge in [0.15, 0.2) is 0 Å². The Morgan fingerprint density at radius 3 is 2.45 bits per heavy atom. The van der Waals surface area contributed by atoms with Gasteiger partial charge in [-0.15, -0.1) is 0 Å². The fourth-order valence-electron chi connectivity index (χ4n) is 1.43. The number of aromatic nitrogens is 1. The zero-order chi connectivity index (χ0) is 15.6. The molecule has 0 aliphatic heterocycles. The monoisotopic (exact) mass is 292 g/mol. The van der Waals surface area contributed by atoms with Crippen molar-refractivity contribution in [2.45, 2.75) is 32.1 Å². The molecule has 0 aliphatic rings. The van der Waals surface area contributed by atoms with E-state index in [1.165, 1.54) is 0 Å². The van der Waals surface area contributed by atoms with Gasteiger partial charge in [0, 0.05) is 12.3 Å². The van der Waals surface area contributed by atoms with E-state index in [0.717, 1.165) is 6.07 Å². The lowest BCUT2D eigenvalue weighted by Crippen LogP contribution is -2.48. The summed E-state index contributed by atoms with van der Waals surface area (Å²) in [7, 11) is 0. The predicted molar refractivity (Wildman–Crippen MR) is 65.0 cm³/mol. The molecule has 1 heterocycles.